The van der Waals surface area contributed by atoms with Gasteiger partial charge in [0.2, 0.25) is 0 Å². The number of hydrogen-bond donors (Lipinski definition) is 1. The number of aromatic nitrogens is 3. The Morgan fingerprint density at radius 2 is 1.90 bits per heavy atom. The van der Waals surface area contributed by atoms with E-state index >= 15 is 4.39 Å². The van der Waals surface area contributed by atoms with Crippen molar-refractivity contribution < 1.29 is 9.50 Å². The summed E-state index contributed by atoms with van der Waals surface area (Å²) in [6.45, 7) is 9.57. The van der Waals surface area contributed by atoms with Crippen LogP contribution >= 0.6 is 0 Å². The quantitative estimate of drug-likeness (QED) is 0.740. The molecule has 29 heavy (non-hydrogen) atoms. The van der Waals surface area contributed by atoms with E-state index in [0.717, 1.165) is 19.4 Å². The first-order chi connectivity index (χ1) is 13.8. The third kappa shape index (κ3) is 3.19. The van der Waals surface area contributed by atoms with Crippen molar-refractivity contribution in [2.45, 2.75) is 83.5 Å². The molecule has 5 rings (SSSR count). The van der Waals surface area contributed by atoms with Gasteiger partial charge in [-0.2, -0.15) is 0 Å². The van der Waals surface area contributed by atoms with E-state index in [1.807, 2.05) is 17.8 Å². The average molecular weight is 402 g/mol. The fraction of sp³-hybridized carbons (Fsp3) is 0.833. The molecule has 0 radical (unpaired) electrons. The first-order valence-electron chi connectivity index (χ1n) is 11.7. The highest BCUT2D eigenvalue weighted by molar-refractivity contribution is 5.16. The lowest BCUT2D eigenvalue weighted by atomic mass is 9.48. The molecule has 4 saturated carbocycles. The summed E-state index contributed by atoms with van der Waals surface area (Å²) in [5.41, 5.74) is 0.836. The lowest BCUT2D eigenvalue weighted by Gasteiger charge is -2.57. The first kappa shape index (κ1) is 19.7. The van der Waals surface area contributed by atoms with Crippen LogP contribution in [0, 0.1) is 40.9 Å². The van der Waals surface area contributed by atoms with Crippen LogP contribution in [0.2, 0.25) is 0 Å². The first-order valence-corrected chi connectivity index (χ1v) is 11.7. The molecule has 4 nitrogen and oxygen atoms in total. The van der Waals surface area contributed by atoms with Crippen LogP contribution < -0.4 is 0 Å². The van der Waals surface area contributed by atoms with Crippen LogP contribution in [0.4, 0.5) is 4.39 Å². The highest BCUT2D eigenvalue weighted by atomic mass is 19.1. The molecule has 0 unspecified atom stereocenters. The van der Waals surface area contributed by atoms with Gasteiger partial charge in [-0.05, 0) is 99.2 Å². The van der Waals surface area contributed by atoms with E-state index in [2.05, 4.69) is 23.8 Å². The Morgan fingerprint density at radius 3 is 2.66 bits per heavy atom. The Balaban J connectivity index is 1.35. The highest BCUT2D eigenvalue weighted by Crippen LogP contribution is 2.65. The van der Waals surface area contributed by atoms with Gasteiger partial charge in [0.1, 0.15) is 6.17 Å². The van der Waals surface area contributed by atoms with Crippen molar-refractivity contribution in [3.05, 3.63) is 24.5 Å². The normalized spacial score (nSPS) is 49.2. The molecule has 1 heterocycles. The minimum atomic E-state index is -0.743. The van der Waals surface area contributed by atoms with Crippen molar-refractivity contribution in [3.8, 4) is 0 Å². The van der Waals surface area contributed by atoms with Crippen molar-refractivity contribution in [1.29, 1.82) is 0 Å². The van der Waals surface area contributed by atoms with E-state index in [0.29, 0.717) is 42.4 Å². The van der Waals surface area contributed by atoms with Crippen molar-refractivity contribution >= 4 is 0 Å². The average Bonchev–Trinajstić information content (AvgIpc) is 3.28. The SMILES string of the molecule is C=C(Cn1ccnn1)[C@H]1CC[C@H]2[C@@H]3C[C@@H](F)[C@H]4C[C@](C)(O)CC[C@@H]4[C@H]3CC[C@]12C. The van der Waals surface area contributed by atoms with Gasteiger partial charge in [0.25, 0.3) is 0 Å². The number of rotatable bonds is 3. The predicted octanol–water partition coefficient (Wildman–Crippen LogP) is 4.80. The van der Waals surface area contributed by atoms with Gasteiger partial charge in [0.05, 0.1) is 18.3 Å². The molecule has 1 aromatic rings. The molecule has 9 atom stereocenters. The Morgan fingerprint density at radius 1 is 1.14 bits per heavy atom. The summed E-state index contributed by atoms with van der Waals surface area (Å²) in [4.78, 5) is 0. The zero-order valence-electron chi connectivity index (χ0n) is 17.9. The number of hydrogen-bond acceptors (Lipinski definition) is 3. The maximum Gasteiger partial charge on any atom is 0.104 e. The van der Waals surface area contributed by atoms with Crippen LogP contribution in [0.5, 0.6) is 0 Å². The number of allylic oxidation sites excluding steroid dienone is 1. The van der Waals surface area contributed by atoms with Crippen molar-refractivity contribution in [2.24, 2.45) is 40.9 Å². The number of alkyl halides is 1. The van der Waals surface area contributed by atoms with Crippen molar-refractivity contribution in [2.75, 3.05) is 0 Å². The van der Waals surface area contributed by atoms with Gasteiger partial charge in [-0.3, -0.25) is 0 Å². The highest BCUT2D eigenvalue weighted by Gasteiger charge is 2.59. The molecule has 0 aromatic carbocycles. The van der Waals surface area contributed by atoms with E-state index in [4.69, 9.17) is 0 Å². The molecule has 1 aromatic heterocycles. The third-order valence-corrected chi connectivity index (χ3v) is 9.58. The van der Waals surface area contributed by atoms with Gasteiger partial charge in [0.15, 0.2) is 0 Å². The molecule has 5 heteroatoms. The second kappa shape index (κ2) is 6.90. The fourth-order valence-corrected chi connectivity index (χ4v) is 8.31. The Bertz CT molecular complexity index is 762. The minimum Gasteiger partial charge on any atom is -0.390 e. The molecule has 4 aliphatic carbocycles. The maximum absolute atomic E-state index is 15.4. The molecule has 0 saturated heterocycles. The molecule has 1 N–H and O–H groups in total. The second-order valence-electron chi connectivity index (χ2n) is 11.2. The molecule has 0 spiro atoms. The topological polar surface area (TPSA) is 50.9 Å². The zero-order valence-corrected chi connectivity index (χ0v) is 17.9. The number of aliphatic hydroxyl groups is 1. The van der Waals surface area contributed by atoms with E-state index in [9.17, 15) is 5.11 Å². The monoisotopic (exact) mass is 401 g/mol. The lowest BCUT2D eigenvalue weighted by Crippen LogP contribution is -2.54. The fourth-order valence-electron chi connectivity index (χ4n) is 8.31. The molecule has 0 bridgehead atoms. The van der Waals surface area contributed by atoms with Gasteiger partial charge >= 0.3 is 0 Å². The molecule has 4 aliphatic rings. The Kier molecular flexibility index (Phi) is 4.69. The number of fused-ring (bicyclic) bond motifs is 5. The van der Waals surface area contributed by atoms with E-state index in [1.165, 1.54) is 31.3 Å². The van der Waals surface area contributed by atoms with E-state index < -0.39 is 11.8 Å². The van der Waals surface area contributed by atoms with E-state index in [-0.39, 0.29) is 11.3 Å². The van der Waals surface area contributed by atoms with Crippen molar-refractivity contribution in [3.63, 3.8) is 0 Å². The third-order valence-electron chi connectivity index (χ3n) is 9.58. The number of nitrogens with zero attached hydrogens (tertiary/aromatic N) is 3. The summed E-state index contributed by atoms with van der Waals surface area (Å²) in [7, 11) is 0. The predicted molar refractivity (Wildman–Crippen MR) is 111 cm³/mol. The second-order valence-corrected chi connectivity index (χ2v) is 11.2. The van der Waals surface area contributed by atoms with Crippen molar-refractivity contribution in [1.82, 2.24) is 15.0 Å². The summed E-state index contributed by atoms with van der Waals surface area (Å²) in [6, 6.07) is 0. The van der Waals surface area contributed by atoms with E-state index in [1.54, 1.807) is 6.20 Å². The summed E-state index contributed by atoms with van der Waals surface area (Å²) in [5, 5.41) is 18.6. The van der Waals surface area contributed by atoms with Crippen LogP contribution in [-0.2, 0) is 6.54 Å². The maximum atomic E-state index is 15.4. The van der Waals surface area contributed by atoms with Gasteiger partial charge < -0.3 is 5.11 Å². The molecule has 0 aliphatic heterocycles. The van der Waals surface area contributed by atoms with Crippen LogP contribution in [0.15, 0.2) is 24.5 Å². The van der Waals surface area contributed by atoms with Gasteiger partial charge in [-0.1, -0.05) is 24.3 Å². The largest absolute Gasteiger partial charge is 0.390 e. The summed E-state index contributed by atoms with van der Waals surface area (Å²) in [6.07, 6.45) is 10.9. The van der Waals surface area contributed by atoms with Gasteiger partial charge in [-0.25, -0.2) is 9.07 Å². The standard InChI is InChI=1S/C24H36FN3O/c1-15(14-28-11-10-26-27-28)20-4-5-21-18-12-22(25)19-13-23(2,29)8-6-17(19)16(18)7-9-24(20,21)3/h10-11,16-22,29H,1,4-9,12-14H2,2-3H3/t16-,17-,18-,19+,20-,21+,22-,23-,24-/m1/s1. The minimum absolute atomic E-state index is 0.0730. The molecule has 0 amide bonds. The Labute approximate surface area is 174 Å². The molecular weight excluding hydrogens is 365 g/mol. The smallest absolute Gasteiger partial charge is 0.104 e. The van der Waals surface area contributed by atoms with Crippen LogP contribution in [0.1, 0.15) is 65.2 Å². The summed E-state index contributed by atoms with van der Waals surface area (Å²) >= 11 is 0. The molecule has 4 fully saturated rings. The zero-order chi connectivity index (χ0) is 20.4. The van der Waals surface area contributed by atoms with Gasteiger partial charge in [-0.15, -0.1) is 5.10 Å². The summed E-state index contributed by atoms with van der Waals surface area (Å²) in [5.74, 6) is 2.83. The molecular formula is C24H36FN3O. The van der Waals surface area contributed by atoms with Crippen LogP contribution in [0.3, 0.4) is 0 Å². The lowest BCUT2D eigenvalue weighted by molar-refractivity contribution is -0.125. The molecule has 160 valence electrons. The number of halogens is 1. The van der Waals surface area contributed by atoms with Crippen LogP contribution in [-0.4, -0.2) is 31.9 Å². The van der Waals surface area contributed by atoms with Crippen LogP contribution in [0.25, 0.3) is 0 Å². The van der Waals surface area contributed by atoms with Gasteiger partial charge in [0, 0.05) is 6.20 Å². The Hall–Kier alpha value is -1.23. The summed E-state index contributed by atoms with van der Waals surface area (Å²) < 4.78 is 17.3.